The number of pyridine rings is 1. The van der Waals surface area contributed by atoms with Crippen molar-refractivity contribution in [3.05, 3.63) is 86.9 Å². The first-order chi connectivity index (χ1) is 50.9. The highest BCUT2D eigenvalue weighted by molar-refractivity contribution is 7.14. The summed E-state index contributed by atoms with van der Waals surface area (Å²) in [6.07, 6.45) is -21.4. The summed E-state index contributed by atoms with van der Waals surface area (Å²) in [5.74, 6) is -9.06. The molecule has 7 heterocycles. The summed E-state index contributed by atoms with van der Waals surface area (Å²) in [6.45, 7) is 4.89. The summed E-state index contributed by atoms with van der Waals surface area (Å²) in [7, 11) is 0. The number of aromatic amines is 1. The number of hydrogen-bond donors (Lipinski definition) is 22. The van der Waals surface area contributed by atoms with E-state index in [0.29, 0.717) is 47.5 Å². The van der Waals surface area contributed by atoms with Crippen LogP contribution < -0.4 is 71.2 Å². The Morgan fingerprint density at radius 3 is 2.05 bits per heavy atom. The molecule has 7 rings (SSSR count). The van der Waals surface area contributed by atoms with Gasteiger partial charge in [-0.25, -0.2) is 29.7 Å². The maximum atomic E-state index is 15.2. The molecule has 19 atom stereocenters. The summed E-state index contributed by atoms with van der Waals surface area (Å²) >= 11 is 2.47. The highest BCUT2D eigenvalue weighted by Gasteiger charge is 2.54. The van der Waals surface area contributed by atoms with Gasteiger partial charge in [0.05, 0.1) is 72.7 Å². The van der Waals surface area contributed by atoms with Gasteiger partial charge in [0.1, 0.15) is 100 Å². The van der Waals surface area contributed by atoms with E-state index in [0.717, 1.165) is 31.9 Å². The Labute approximate surface area is 618 Å². The smallest absolute Gasteiger partial charge is 0.404 e. The van der Waals surface area contributed by atoms with E-state index in [4.69, 9.17) is 52.4 Å². The van der Waals surface area contributed by atoms with Gasteiger partial charge in [0, 0.05) is 61.5 Å². The Hall–Kier alpha value is -9.07. The predicted octanol–water partition coefficient (Wildman–Crippen LogP) is -7.39. The molecule has 2 saturated heterocycles. The summed E-state index contributed by atoms with van der Waals surface area (Å²) in [4.78, 5) is 147. The lowest BCUT2D eigenvalue weighted by Gasteiger charge is -2.47. The lowest BCUT2D eigenvalue weighted by molar-refractivity contribution is -0.372. The normalized spacial score (nSPS) is 22.6. The van der Waals surface area contributed by atoms with Crippen LogP contribution in [0.4, 0.5) is 10.6 Å². The number of ether oxygens (including phenoxy) is 5. The summed E-state index contributed by atoms with van der Waals surface area (Å²) in [5, 5.41) is 114. The first-order valence-corrected chi connectivity index (χ1v) is 35.5. The number of unbranched alkanes of at least 4 members (excludes halogenated alkanes) is 1. The summed E-state index contributed by atoms with van der Waals surface area (Å²) in [5.41, 5.74) is 28.4. The Morgan fingerprint density at radius 2 is 1.39 bits per heavy atom. The van der Waals surface area contributed by atoms with Gasteiger partial charge in [-0.15, -0.1) is 22.7 Å². The molecule has 0 radical (unpaired) electrons. The van der Waals surface area contributed by atoms with E-state index in [2.05, 4.69) is 77.4 Å². The number of nitrogens with zero attached hydrogens (tertiary/aromatic N) is 6. The van der Waals surface area contributed by atoms with Crippen LogP contribution in [0.25, 0.3) is 10.7 Å². The third-order valence-corrected chi connectivity index (χ3v) is 18.8. The van der Waals surface area contributed by atoms with Crippen molar-refractivity contribution in [2.24, 2.45) is 28.9 Å². The van der Waals surface area contributed by atoms with Crippen molar-refractivity contribution in [1.29, 1.82) is 0 Å². The monoisotopic (exact) mass is 1540 g/mol. The quantitative estimate of drug-likeness (QED) is 0.0162. The van der Waals surface area contributed by atoms with Crippen LogP contribution in [0.15, 0.2) is 47.7 Å². The van der Waals surface area contributed by atoms with Crippen molar-refractivity contribution in [2.45, 2.75) is 170 Å². The van der Waals surface area contributed by atoms with Gasteiger partial charge >= 0.3 is 6.09 Å². The number of H-pyrrole nitrogens is 1. The Balaban J connectivity index is 1.03. The zero-order valence-electron chi connectivity index (χ0n) is 58.5. The van der Waals surface area contributed by atoms with Gasteiger partial charge in [-0.3, -0.25) is 43.3 Å². The molecule has 27 N–H and O–H groups in total. The summed E-state index contributed by atoms with van der Waals surface area (Å²) < 4.78 is 28.8. The van der Waals surface area contributed by atoms with Gasteiger partial charge in [0.15, 0.2) is 18.7 Å². The zero-order chi connectivity index (χ0) is 78.3. The molecule has 588 valence electrons. The van der Waals surface area contributed by atoms with Crippen LogP contribution in [0.5, 0.6) is 0 Å². The molecular formula is C63H92N20O22S2. The van der Waals surface area contributed by atoms with E-state index >= 15 is 4.79 Å². The van der Waals surface area contributed by atoms with Crippen LogP contribution in [0.2, 0.25) is 0 Å². The maximum Gasteiger partial charge on any atom is 0.404 e. The van der Waals surface area contributed by atoms with E-state index in [-0.39, 0.29) is 59.9 Å². The van der Waals surface area contributed by atoms with E-state index in [1.807, 2.05) is 0 Å². The molecule has 5 aromatic rings. The van der Waals surface area contributed by atoms with Crippen molar-refractivity contribution >= 4 is 81.8 Å². The van der Waals surface area contributed by atoms with Gasteiger partial charge in [0.25, 0.3) is 17.7 Å². The number of amides is 9. The predicted molar refractivity (Wildman–Crippen MR) is 373 cm³/mol. The number of imidazole rings is 1. The van der Waals surface area contributed by atoms with Crippen LogP contribution in [0.1, 0.15) is 112 Å². The van der Waals surface area contributed by atoms with Gasteiger partial charge in [-0.2, -0.15) is 0 Å². The maximum absolute atomic E-state index is 15.2. The third kappa shape index (κ3) is 23.7. The fraction of sp³-hybridized carbons (Fsp3) is 0.571. The second kappa shape index (κ2) is 40.8. The molecule has 107 heavy (non-hydrogen) atoms. The minimum Gasteiger partial charge on any atom is -0.441 e. The topological polar surface area (TPSA) is 681 Å². The fourth-order valence-electron chi connectivity index (χ4n) is 10.9. The molecule has 2 aliphatic rings. The number of carbonyl (C=O) groups is 9. The number of primary amides is 3. The van der Waals surface area contributed by atoms with Crippen LogP contribution in [0, 0.1) is 12.8 Å². The van der Waals surface area contributed by atoms with Gasteiger partial charge in [-0.05, 0) is 65.3 Å². The second-order valence-corrected chi connectivity index (χ2v) is 26.9. The van der Waals surface area contributed by atoms with Gasteiger partial charge in [0.2, 0.25) is 29.5 Å². The summed E-state index contributed by atoms with van der Waals surface area (Å²) in [6, 6.07) is -2.78. The van der Waals surface area contributed by atoms with E-state index in [1.165, 1.54) is 50.4 Å². The number of rotatable bonds is 41. The van der Waals surface area contributed by atoms with E-state index in [1.54, 1.807) is 35.2 Å². The first-order valence-electron chi connectivity index (χ1n) is 33.8. The largest absolute Gasteiger partial charge is 0.441 e. The number of aliphatic hydroxyl groups excluding tert-OH is 8. The van der Waals surface area contributed by atoms with Gasteiger partial charge in [-0.1, -0.05) is 13.0 Å². The molecule has 0 aliphatic carbocycles. The molecule has 42 nitrogen and oxygen atoms in total. The highest BCUT2D eigenvalue weighted by Crippen LogP contribution is 2.35. The minimum atomic E-state index is -2.21. The van der Waals surface area contributed by atoms with Crippen molar-refractivity contribution < 1.29 is 108 Å². The number of thiazole rings is 2. The van der Waals surface area contributed by atoms with Crippen molar-refractivity contribution in [1.82, 2.24) is 77.4 Å². The number of nitrogens with one attached hydrogen (secondary N) is 9. The molecule has 0 spiro atoms. The molecular weight excluding hydrogens is 1450 g/mol. The van der Waals surface area contributed by atoms with Crippen molar-refractivity contribution in [2.75, 3.05) is 58.2 Å². The average molecular weight is 1550 g/mol. The number of anilines is 1. The molecule has 0 bridgehead atoms. The lowest BCUT2D eigenvalue weighted by Crippen LogP contribution is -2.65. The van der Waals surface area contributed by atoms with E-state index < -0.39 is 183 Å². The Morgan fingerprint density at radius 1 is 0.710 bits per heavy atom. The molecule has 44 heteroatoms. The van der Waals surface area contributed by atoms with E-state index in [9.17, 15) is 79.2 Å². The molecule has 9 amide bonds. The number of nitrogens with two attached hydrogens (primary N) is 5. The molecule has 2 fully saturated rings. The van der Waals surface area contributed by atoms with Crippen LogP contribution >= 0.6 is 22.7 Å². The van der Waals surface area contributed by atoms with Crippen LogP contribution in [0.3, 0.4) is 0 Å². The van der Waals surface area contributed by atoms with Crippen molar-refractivity contribution in [3.8, 4) is 10.7 Å². The SMILES string of the molecule is Cc1c(N)nc([C@H](CC(N)=O)NC[C@H](N)C(N)=O)nc1C(=O)N[C@H](C(=O)N[C@H](C)[C@@H](O)[C@H](C)C(=O)N[C@H](C(=O)NCCc1nc(-c2nc(C(=O)NCCCNCCCCNC(=O)c3ccccn3)cs2)cs1)[C@@H](C)O)[C@@H](O[C@@H]1O[C@@H](CO)[C@@H](O)[C@H](O)[C@@H]1O[C@H]1O[C@H](CO)[C@@H](O)[C@H](OC(N)=O)[C@@H]1O)c1cnc[nH]1. The fourth-order valence-corrected chi connectivity index (χ4v) is 12.6. The molecule has 0 unspecified atom stereocenters. The average Bonchev–Trinajstić information content (AvgIpc) is 1.63. The lowest BCUT2D eigenvalue weighted by atomic mass is 9.96. The standard InChI is InChI=1S/C63H92N20O22S2/c1-26-40(80-53(83-51(26)66)32(18-38(65)87)75-19-30(64)52(67)93)58(98)82-42(48(33-20-70-25-76-33)103-62-50(46(91)44(89)36(21-84)102-62)104-61-47(92)49(105-63(68)100)45(90)37(22-85)101-61)59(99)77-28(3)43(88)27(2)54(94)81-41(29(4)86)57(97)74-17-11-39-78-35(24-106-39)60-79-34(23-107-60)56(96)73-16-9-13-69-12-7-8-15-72-55(95)31-10-5-6-14-71-31/h5-6,10,14,20,23-25,27-30,32,36-37,41-50,61-62,69,75,84-86,88-92H,7-9,11-13,15-19,21-22,64H2,1-4H3,(H2,65,87)(H2,67,93)(H2,68,100)(H,70,76)(H,72,95)(H,73,96)(H,74,97)(H,77,99)(H,81,94)(H,82,98)(H2,66,80,83)/t27-,28+,29+,30-,32-,36-,37+,41-,42-,43-,44+,45+,46-,47-,48-,49-,50-,61+,62-/m0/s1. The molecule has 0 aromatic carbocycles. The Kier molecular flexibility index (Phi) is 32.5. The molecule has 5 aromatic heterocycles. The second-order valence-electron chi connectivity index (χ2n) is 25.1. The van der Waals surface area contributed by atoms with Gasteiger partial charge < -0.3 is 141 Å². The molecule has 0 saturated carbocycles. The first kappa shape index (κ1) is 85.2. The van der Waals surface area contributed by atoms with Crippen LogP contribution in [-0.2, 0) is 54.1 Å². The number of aliphatic hydroxyl groups is 8. The highest BCUT2D eigenvalue weighted by atomic mass is 32.1. The number of hydrogen-bond acceptors (Lipinski definition) is 34. The van der Waals surface area contributed by atoms with Crippen molar-refractivity contribution in [3.63, 3.8) is 0 Å². The number of nitrogen functional groups attached to an aromatic ring is 1. The minimum absolute atomic E-state index is 0.0300. The number of carbonyl (C=O) groups excluding carboxylic acids is 9. The zero-order valence-corrected chi connectivity index (χ0v) is 60.1. The number of aromatic nitrogens is 7. The van der Waals surface area contributed by atoms with Crippen LogP contribution in [-0.4, -0.2) is 279 Å². The molecule has 2 aliphatic heterocycles. The third-order valence-electron chi connectivity index (χ3n) is 17.0. The Bertz CT molecular complexity index is 3770.